The molecule has 1 heterocycles. The molecule has 0 aliphatic carbocycles. The third kappa shape index (κ3) is 4.93. The van der Waals surface area contributed by atoms with Gasteiger partial charge in [-0.2, -0.15) is 0 Å². The molecule has 2 rings (SSSR count). The van der Waals surface area contributed by atoms with E-state index in [9.17, 15) is 9.90 Å². The lowest BCUT2D eigenvalue weighted by molar-refractivity contribution is 0.0779. The molecule has 6 heteroatoms. The SMILES string of the molecule is CN(C)CCN(C)C[C@@H]1CN(C(=O)c2ccccc2Cl)C[C@@H]1CO. The number of hydrogen-bond donors (Lipinski definition) is 1. The van der Waals surface area contributed by atoms with Crippen LogP contribution < -0.4 is 0 Å². The minimum absolute atomic E-state index is 0.0440. The Labute approximate surface area is 149 Å². The number of carbonyl (C=O) groups is 1. The van der Waals surface area contributed by atoms with Crippen LogP contribution in [0.1, 0.15) is 10.4 Å². The van der Waals surface area contributed by atoms with Crippen LogP contribution >= 0.6 is 11.6 Å². The Morgan fingerprint density at radius 1 is 1.21 bits per heavy atom. The summed E-state index contributed by atoms with van der Waals surface area (Å²) in [7, 11) is 6.21. The molecule has 24 heavy (non-hydrogen) atoms. The maximum absolute atomic E-state index is 12.7. The second kappa shape index (κ2) is 8.81. The molecule has 1 aliphatic rings. The molecule has 134 valence electrons. The number of likely N-dealkylation sites (N-methyl/N-ethyl adjacent to an activating group) is 2. The van der Waals surface area contributed by atoms with Crippen molar-refractivity contribution in [1.82, 2.24) is 14.7 Å². The zero-order valence-corrected chi connectivity index (χ0v) is 15.5. The van der Waals surface area contributed by atoms with Gasteiger partial charge >= 0.3 is 0 Å². The van der Waals surface area contributed by atoms with E-state index in [-0.39, 0.29) is 24.3 Å². The molecule has 1 saturated heterocycles. The number of halogens is 1. The zero-order valence-electron chi connectivity index (χ0n) is 14.8. The van der Waals surface area contributed by atoms with Crippen molar-refractivity contribution in [2.24, 2.45) is 11.8 Å². The molecule has 0 bridgehead atoms. The molecule has 1 aliphatic heterocycles. The second-order valence-corrected chi connectivity index (χ2v) is 7.37. The van der Waals surface area contributed by atoms with Crippen LogP contribution in [0.25, 0.3) is 0 Å². The van der Waals surface area contributed by atoms with Crippen molar-refractivity contribution in [3.63, 3.8) is 0 Å². The summed E-state index contributed by atoms with van der Waals surface area (Å²) in [5.41, 5.74) is 0.539. The van der Waals surface area contributed by atoms with Crippen LogP contribution in [0.5, 0.6) is 0 Å². The number of aliphatic hydroxyl groups is 1. The van der Waals surface area contributed by atoms with Gasteiger partial charge in [0.25, 0.3) is 5.91 Å². The van der Waals surface area contributed by atoms with E-state index in [1.807, 2.05) is 17.0 Å². The summed E-state index contributed by atoms with van der Waals surface area (Å²) in [4.78, 5) is 19.0. The minimum Gasteiger partial charge on any atom is -0.396 e. The predicted octanol–water partition coefficient (Wildman–Crippen LogP) is 1.51. The number of rotatable bonds is 7. The van der Waals surface area contributed by atoms with Crippen molar-refractivity contribution in [3.05, 3.63) is 34.9 Å². The van der Waals surface area contributed by atoms with Crippen LogP contribution in [0.2, 0.25) is 5.02 Å². The Morgan fingerprint density at radius 2 is 1.88 bits per heavy atom. The third-order valence-electron chi connectivity index (χ3n) is 4.68. The van der Waals surface area contributed by atoms with E-state index in [1.54, 1.807) is 12.1 Å². The van der Waals surface area contributed by atoms with E-state index in [1.165, 1.54) is 0 Å². The molecule has 0 aromatic heterocycles. The Kier molecular flexibility index (Phi) is 7.04. The summed E-state index contributed by atoms with van der Waals surface area (Å²) in [5.74, 6) is 0.365. The van der Waals surface area contributed by atoms with Gasteiger partial charge < -0.3 is 19.8 Å². The Balaban J connectivity index is 1.98. The lowest BCUT2D eigenvalue weighted by atomic mass is 9.96. The van der Waals surface area contributed by atoms with Crippen LogP contribution in [0.3, 0.4) is 0 Å². The Bertz CT molecular complexity index is 553. The van der Waals surface area contributed by atoms with Gasteiger partial charge in [0.15, 0.2) is 0 Å². The van der Waals surface area contributed by atoms with Gasteiger partial charge in [-0.05, 0) is 39.2 Å². The maximum Gasteiger partial charge on any atom is 0.255 e. The average molecular weight is 354 g/mol. The Morgan fingerprint density at radius 3 is 2.50 bits per heavy atom. The van der Waals surface area contributed by atoms with Crippen molar-refractivity contribution < 1.29 is 9.90 Å². The molecule has 0 unspecified atom stereocenters. The van der Waals surface area contributed by atoms with Crippen LogP contribution in [-0.4, -0.2) is 86.2 Å². The second-order valence-electron chi connectivity index (χ2n) is 6.96. The first kappa shape index (κ1) is 19.2. The van der Waals surface area contributed by atoms with Crippen LogP contribution in [0.4, 0.5) is 0 Å². The fraction of sp³-hybridized carbons (Fsp3) is 0.611. The number of carbonyl (C=O) groups excluding carboxylic acids is 1. The van der Waals surface area contributed by atoms with Gasteiger partial charge in [0, 0.05) is 45.2 Å². The maximum atomic E-state index is 12.7. The fourth-order valence-corrected chi connectivity index (χ4v) is 3.40. The lowest BCUT2D eigenvalue weighted by Crippen LogP contribution is -2.35. The van der Waals surface area contributed by atoms with Crippen molar-refractivity contribution >= 4 is 17.5 Å². The number of likely N-dealkylation sites (tertiary alicyclic amines) is 1. The minimum atomic E-state index is -0.0440. The summed E-state index contributed by atoms with van der Waals surface area (Å²) >= 11 is 6.15. The summed E-state index contributed by atoms with van der Waals surface area (Å²) in [6.45, 7) is 4.22. The van der Waals surface area contributed by atoms with Crippen molar-refractivity contribution in [1.29, 1.82) is 0 Å². The number of nitrogens with zero attached hydrogens (tertiary/aromatic N) is 3. The van der Waals surface area contributed by atoms with E-state index in [0.29, 0.717) is 23.7 Å². The molecular weight excluding hydrogens is 326 g/mol. The van der Waals surface area contributed by atoms with Crippen molar-refractivity contribution in [2.45, 2.75) is 0 Å². The molecule has 1 N–H and O–H groups in total. The molecule has 1 fully saturated rings. The normalized spacial score (nSPS) is 21.0. The molecule has 1 aromatic carbocycles. The Hall–Kier alpha value is -1.14. The van der Waals surface area contributed by atoms with Gasteiger partial charge in [0.2, 0.25) is 0 Å². The number of benzene rings is 1. The highest BCUT2D eigenvalue weighted by molar-refractivity contribution is 6.33. The van der Waals surface area contributed by atoms with E-state index >= 15 is 0 Å². The van der Waals surface area contributed by atoms with Crippen LogP contribution in [0, 0.1) is 11.8 Å². The smallest absolute Gasteiger partial charge is 0.255 e. The van der Waals surface area contributed by atoms with Gasteiger partial charge in [0.05, 0.1) is 10.6 Å². The van der Waals surface area contributed by atoms with Gasteiger partial charge in [-0.3, -0.25) is 4.79 Å². The molecule has 2 atom stereocenters. The first-order valence-electron chi connectivity index (χ1n) is 8.40. The highest BCUT2D eigenvalue weighted by Crippen LogP contribution is 2.27. The summed E-state index contributed by atoms with van der Waals surface area (Å²) in [6.07, 6.45) is 0. The first-order valence-corrected chi connectivity index (χ1v) is 8.78. The summed E-state index contributed by atoms with van der Waals surface area (Å²) < 4.78 is 0. The lowest BCUT2D eigenvalue weighted by Gasteiger charge is -2.25. The summed E-state index contributed by atoms with van der Waals surface area (Å²) in [6, 6.07) is 7.14. The number of amides is 1. The number of aliphatic hydroxyl groups excluding tert-OH is 1. The molecule has 0 saturated carbocycles. The topological polar surface area (TPSA) is 47.0 Å². The standard InChI is InChI=1S/C18H28ClN3O2/c1-20(2)8-9-21(3)10-14-11-22(12-15(14)13-23)18(24)16-6-4-5-7-17(16)19/h4-7,14-15,23H,8-13H2,1-3H3/t14-,15-/m1/s1. The highest BCUT2D eigenvalue weighted by atomic mass is 35.5. The van der Waals surface area contributed by atoms with Crippen molar-refractivity contribution in [3.8, 4) is 0 Å². The molecule has 0 radical (unpaired) electrons. The molecule has 5 nitrogen and oxygen atoms in total. The van der Waals surface area contributed by atoms with Gasteiger partial charge in [-0.15, -0.1) is 0 Å². The van der Waals surface area contributed by atoms with Gasteiger partial charge in [-0.1, -0.05) is 23.7 Å². The van der Waals surface area contributed by atoms with Crippen LogP contribution in [-0.2, 0) is 0 Å². The third-order valence-corrected chi connectivity index (χ3v) is 5.01. The average Bonchev–Trinajstić information content (AvgIpc) is 2.95. The van der Waals surface area contributed by atoms with E-state index in [0.717, 1.165) is 19.6 Å². The van der Waals surface area contributed by atoms with Crippen molar-refractivity contribution in [2.75, 3.05) is 60.5 Å². The fourth-order valence-electron chi connectivity index (χ4n) is 3.19. The summed E-state index contributed by atoms with van der Waals surface area (Å²) in [5, 5.41) is 10.2. The van der Waals surface area contributed by atoms with Gasteiger partial charge in [-0.25, -0.2) is 0 Å². The van der Waals surface area contributed by atoms with E-state index < -0.39 is 0 Å². The van der Waals surface area contributed by atoms with E-state index in [2.05, 4.69) is 30.9 Å². The first-order chi connectivity index (χ1) is 11.4. The van der Waals surface area contributed by atoms with Gasteiger partial charge in [0.1, 0.15) is 0 Å². The quantitative estimate of drug-likeness (QED) is 0.807. The van der Waals surface area contributed by atoms with Crippen LogP contribution in [0.15, 0.2) is 24.3 Å². The van der Waals surface area contributed by atoms with E-state index in [4.69, 9.17) is 11.6 Å². The largest absolute Gasteiger partial charge is 0.396 e. The monoisotopic (exact) mass is 353 g/mol. The number of hydrogen-bond acceptors (Lipinski definition) is 4. The zero-order chi connectivity index (χ0) is 17.7. The molecule has 1 amide bonds. The highest BCUT2D eigenvalue weighted by Gasteiger charge is 2.36. The predicted molar refractivity (Wildman–Crippen MR) is 97.5 cm³/mol. The molecule has 0 spiro atoms. The molecular formula is C18H28ClN3O2. The molecule has 1 aromatic rings.